The molecule has 5 N–H and O–H groups in total. The van der Waals surface area contributed by atoms with E-state index in [0.29, 0.717) is 13.1 Å². The van der Waals surface area contributed by atoms with Gasteiger partial charge in [-0.25, -0.2) is 0 Å². The Balaban J connectivity index is 0.00000420. The highest BCUT2D eigenvalue weighted by Crippen LogP contribution is 2.03. The van der Waals surface area contributed by atoms with Crippen molar-refractivity contribution >= 4 is 30.4 Å². The molecule has 0 radical (unpaired) electrons. The van der Waals surface area contributed by atoms with Crippen LogP contribution in [0.25, 0.3) is 0 Å². The summed E-state index contributed by atoms with van der Waals surface area (Å²) in [5, 5.41) is 12.1. The topological polar surface area (TPSA) is 109 Å². The molecule has 8 heteroatoms. The van der Waals surface area contributed by atoms with E-state index >= 15 is 0 Å². The van der Waals surface area contributed by atoms with Crippen LogP contribution in [-0.4, -0.2) is 37.2 Å². The van der Waals surface area contributed by atoms with Crippen LogP contribution in [0.3, 0.4) is 0 Å². The smallest absolute Gasteiger partial charge is 0.239 e. The average molecular weight is 418 g/mol. The van der Waals surface area contributed by atoms with Gasteiger partial charge in [0.1, 0.15) is 0 Å². The summed E-state index contributed by atoms with van der Waals surface area (Å²) in [5.41, 5.74) is 3.11. The summed E-state index contributed by atoms with van der Waals surface area (Å²) in [6.07, 6.45) is 2.33. The number of hydrazone groups is 1. The van der Waals surface area contributed by atoms with Gasteiger partial charge in [0.15, 0.2) is 0 Å². The van der Waals surface area contributed by atoms with Crippen LogP contribution in [0.4, 0.5) is 0 Å². The number of hydrogen-bond acceptors (Lipinski definition) is 5. The standard InChI is InChI=1S/C21H27N5O2.ClH/c1-16(24-13-18-7-9-19(10-8-18)14-26-22)21(28)25-15-20(27)23-12-11-17-5-3-2-4-6-17;/h2-10,14,16,24H,11-13,15,22H2,1H3,(H,23,27)(H,25,28);1H. The van der Waals surface area contributed by atoms with Crippen molar-refractivity contribution in [1.29, 1.82) is 0 Å². The Labute approximate surface area is 177 Å². The average Bonchev–Trinajstić information content (AvgIpc) is 2.72. The first-order valence-electron chi connectivity index (χ1n) is 9.22. The molecule has 0 aromatic heterocycles. The van der Waals surface area contributed by atoms with E-state index < -0.39 is 6.04 Å². The van der Waals surface area contributed by atoms with Crippen molar-refractivity contribution in [2.45, 2.75) is 25.9 Å². The molecule has 2 aromatic rings. The molecule has 0 bridgehead atoms. The molecule has 0 aliphatic heterocycles. The fourth-order valence-electron chi connectivity index (χ4n) is 2.55. The van der Waals surface area contributed by atoms with Crippen LogP contribution in [0.2, 0.25) is 0 Å². The molecule has 7 nitrogen and oxygen atoms in total. The minimum atomic E-state index is -0.414. The van der Waals surface area contributed by atoms with E-state index in [2.05, 4.69) is 21.1 Å². The highest BCUT2D eigenvalue weighted by molar-refractivity contribution is 5.87. The van der Waals surface area contributed by atoms with Crippen LogP contribution in [-0.2, 0) is 22.6 Å². The van der Waals surface area contributed by atoms with Crippen molar-refractivity contribution in [3.05, 3.63) is 71.3 Å². The van der Waals surface area contributed by atoms with Gasteiger partial charge in [-0.15, -0.1) is 12.4 Å². The molecule has 2 rings (SSSR count). The molecule has 156 valence electrons. The first kappa shape index (κ1) is 24.1. The van der Waals surface area contributed by atoms with E-state index in [0.717, 1.165) is 23.1 Å². The lowest BCUT2D eigenvalue weighted by Crippen LogP contribution is -2.45. The lowest BCUT2D eigenvalue weighted by molar-refractivity contribution is -0.127. The molecule has 0 saturated heterocycles. The molecule has 0 fully saturated rings. The Bertz CT molecular complexity index is 781. The first-order chi connectivity index (χ1) is 13.6. The minimum Gasteiger partial charge on any atom is -0.354 e. The van der Waals surface area contributed by atoms with Crippen LogP contribution < -0.4 is 21.8 Å². The predicted molar refractivity (Wildman–Crippen MR) is 118 cm³/mol. The van der Waals surface area contributed by atoms with Crippen molar-refractivity contribution in [3.63, 3.8) is 0 Å². The molecule has 29 heavy (non-hydrogen) atoms. The van der Waals surface area contributed by atoms with Gasteiger partial charge in [0.05, 0.1) is 18.8 Å². The normalized spacial score (nSPS) is 11.5. The molecule has 0 aliphatic rings. The van der Waals surface area contributed by atoms with E-state index in [1.807, 2.05) is 54.6 Å². The molecule has 0 spiro atoms. The molecule has 1 atom stereocenters. The van der Waals surface area contributed by atoms with Crippen molar-refractivity contribution in [2.75, 3.05) is 13.1 Å². The number of nitrogens with two attached hydrogens (primary N) is 1. The zero-order chi connectivity index (χ0) is 20.2. The van der Waals surface area contributed by atoms with Gasteiger partial charge in [-0.05, 0) is 30.0 Å². The number of rotatable bonds is 10. The molecule has 0 saturated carbocycles. The minimum absolute atomic E-state index is 0. The van der Waals surface area contributed by atoms with Gasteiger partial charge in [0, 0.05) is 13.1 Å². The number of nitrogens with zero attached hydrogens (tertiary/aromatic N) is 1. The second-order valence-corrected chi connectivity index (χ2v) is 6.43. The quantitative estimate of drug-likeness (QED) is 0.266. The fourth-order valence-corrected chi connectivity index (χ4v) is 2.55. The van der Waals surface area contributed by atoms with E-state index in [9.17, 15) is 9.59 Å². The third-order valence-corrected chi connectivity index (χ3v) is 4.21. The highest BCUT2D eigenvalue weighted by Gasteiger charge is 2.13. The maximum atomic E-state index is 12.1. The van der Waals surface area contributed by atoms with Crippen molar-refractivity contribution in [1.82, 2.24) is 16.0 Å². The maximum absolute atomic E-state index is 12.1. The lowest BCUT2D eigenvalue weighted by Gasteiger charge is -2.14. The Morgan fingerprint density at radius 3 is 2.38 bits per heavy atom. The molecule has 1 unspecified atom stereocenters. The Morgan fingerprint density at radius 2 is 1.72 bits per heavy atom. The largest absolute Gasteiger partial charge is 0.354 e. The SMILES string of the molecule is CC(NCc1ccc(C=NN)cc1)C(=O)NCC(=O)NCCc1ccccc1.Cl. The summed E-state index contributed by atoms with van der Waals surface area (Å²) in [6.45, 7) is 2.81. The maximum Gasteiger partial charge on any atom is 0.239 e. The monoisotopic (exact) mass is 417 g/mol. The summed E-state index contributed by atoms with van der Waals surface area (Å²) in [6, 6.07) is 17.2. The summed E-state index contributed by atoms with van der Waals surface area (Å²) in [4.78, 5) is 24.0. The highest BCUT2D eigenvalue weighted by atomic mass is 35.5. The van der Waals surface area contributed by atoms with Crippen molar-refractivity contribution < 1.29 is 9.59 Å². The van der Waals surface area contributed by atoms with E-state index in [4.69, 9.17) is 5.84 Å². The van der Waals surface area contributed by atoms with Crippen LogP contribution in [0.5, 0.6) is 0 Å². The summed E-state index contributed by atoms with van der Waals surface area (Å²) in [7, 11) is 0. The number of halogens is 1. The summed E-state index contributed by atoms with van der Waals surface area (Å²) in [5.74, 6) is 4.70. The Hall–Kier alpha value is -2.90. The number of carbonyl (C=O) groups excluding carboxylic acids is 2. The Morgan fingerprint density at radius 1 is 1.03 bits per heavy atom. The van der Waals surface area contributed by atoms with E-state index in [1.54, 1.807) is 13.1 Å². The second-order valence-electron chi connectivity index (χ2n) is 6.43. The van der Waals surface area contributed by atoms with Crippen LogP contribution in [0.15, 0.2) is 59.7 Å². The third kappa shape index (κ3) is 9.23. The fraction of sp³-hybridized carbons (Fsp3) is 0.286. The zero-order valence-corrected chi connectivity index (χ0v) is 17.2. The molecule has 0 heterocycles. The van der Waals surface area contributed by atoms with Crippen LogP contribution in [0.1, 0.15) is 23.6 Å². The van der Waals surface area contributed by atoms with Gasteiger partial charge in [-0.2, -0.15) is 5.10 Å². The van der Waals surface area contributed by atoms with Crippen LogP contribution >= 0.6 is 12.4 Å². The number of nitrogens with one attached hydrogen (secondary N) is 3. The van der Waals surface area contributed by atoms with Gasteiger partial charge in [0.25, 0.3) is 0 Å². The van der Waals surface area contributed by atoms with Crippen molar-refractivity contribution in [3.8, 4) is 0 Å². The van der Waals surface area contributed by atoms with Gasteiger partial charge in [0.2, 0.25) is 11.8 Å². The van der Waals surface area contributed by atoms with E-state index in [1.165, 1.54) is 0 Å². The molecular formula is C21H28ClN5O2. The number of benzene rings is 2. The third-order valence-electron chi connectivity index (χ3n) is 4.21. The summed E-state index contributed by atoms with van der Waals surface area (Å²) < 4.78 is 0. The first-order valence-corrected chi connectivity index (χ1v) is 9.22. The molecule has 2 amide bonds. The summed E-state index contributed by atoms with van der Waals surface area (Å²) >= 11 is 0. The molecule has 0 aliphatic carbocycles. The second kappa shape index (κ2) is 13.3. The number of hydrogen-bond donors (Lipinski definition) is 4. The lowest BCUT2D eigenvalue weighted by atomic mass is 10.1. The molecule has 2 aromatic carbocycles. The number of carbonyl (C=O) groups is 2. The van der Waals surface area contributed by atoms with Gasteiger partial charge >= 0.3 is 0 Å². The Kier molecular flexibility index (Phi) is 11.1. The van der Waals surface area contributed by atoms with Crippen LogP contribution in [0, 0.1) is 0 Å². The predicted octanol–water partition coefficient (Wildman–Crippen LogP) is 1.35. The molecular weight excluding hydrogens is 390 g/mol. The van der Waals surface area contributed by atoms with Crippen molar-refractivity contribution in [2.24, 2.45) is 10.9 Å². The van der Waals surface area contributed by atoms with Gasteiger partial charge < -0.3 is 21.8 Å². The van der Waals surface area contributed by atoms with Gasteiger partial charge in [-0.3, -0.25) is 9.59 Å². The zero-order valence-electron chi connectivity index (χ0n) is 16.4. The number of amides is 2. The van der Waals surface area contributed by atoms with Gasteiger partial charge in [-0.1, -0.05) is 54.6 Å². The van der Waals surface area contributed by atoms with E-state index in [-0.39, 0.29) is 30.8 Å².